The summed E-state index contributed by atoms with van der Waals surface area (Å²) in [6, 6.07) is 14.2. The highest BCUT2D eigenvalue weighted by molar-refractivity contribution is 5.93. The Hall–Kier alpha value is -3.53. The summed E-state index contributed by atoms with van der Waals surface area (Å²) in [5.74, 6) is -0.305. The van der Waals surface area contributed by atoms with Crippen LogP contribution in [0, 0.1) is 11.3 Å². The van der Waals surface area contributed by atoms with Crippen LogP contribution in [-0.2, 0) is 4.74 Å². The first-order chi connectivity index (χ1) is 11.7. The second kappa shape index (κ2) is 6.71. The quantitative estimate of drug-likeness (QED) is 0.540. The van der Waals surface area contributed by atoms with Crippen molar-refractivity contribution in [3.63, 3.8) is 0 Å². The fraction of sp³-hybridized carbons (Fsp3) is 0.118. The maximum Gasteiger partial charge on any atom is 0.360 e. The third-order valence-electron chi connectivity index (χ3n) is 3.25. The molecule has 0 fully saturated rings. The van der Waals surface area contributed by atoms with Crippen LogP contribution in [-0.4, -0.2) is 22.0 Å². The zero-order chi connectivity index (χ0) is 16.9. The smallest absolute Gasteiger partial charge is 0.360 e. The number of carbonyl (C=O) groups excluding carboxylic acids is 1. The summed E-state index contributed by atoms with van der Waals surface area (Å²) in [4.78, 5) is 16.4. The van der Waals surface area contributed by atoms with E-state index in [4.69, 9.17) is 10.00 Å². The summed E-state index contributed by atoms with van der Waals surface area (Å²) in [6.45, 7) is 1.96. The maximum atomic E-state index is 12.1. The van der Waals surface area contributed by atoms with Crippen molar-refractivity contribution in [3.05, 3.63) is 59.9 Å². The van der Waals surface area contributed by atoms with Crippen molar-refractivity contribution in [1.82, 2.24) is 9.38 Å². The number of azo groups is 1. The number of carbonyl (C=O) groups is 1. The molecule has 2 aromatic heterocycles. The third kappa shape index (κ3) is 2.85. The molecule has 24 heavy (non-hydrogen) atoms. The second-order valence-electron chi connectivity index (χ2n) is 4.76. The lowest BCUT2D eigenvalue weighted by atomic mass is 10.2. The van der Waals surface area contributed by atoms with E-state index < -0.39 is 5.97 Å². The van der Waals surface area contributed by atoms with Crippen molar-refractivity contribution in [1.29, 1.82) is 5.26 Å². The molecular weight excluding hydrogens is 306 g/mol. The van der Waals surface area contributed by atoms with Crippen LogP contribution in [0.4, 0.5) is 11.5 Å². The third-order valence-corrected chi connectivity index (χ3v) is 3.25. The normalized spacial score (nSPS) is 10.8. The van der Waals surface area contributed by atoms with Crippen molar-refractivity contribution < 1.29 is 9.53 Å². The lowest BCUT2D eigenvalue weighted by Gasteiger charge is -2.00. The highest BCUT2D eigenvalue weighted by atomic mass is 16.5. The van der Waals surface area contributed by atoms with E-state index in [0.29, 0.717) is 16.9 Å². The van der Waals surface area contributed by atoms with E-state index in [-0.39, 0.29) is 18.1 Å². The fourth-order valence-electron chi connectivity index (χ4n) is 2.17. The molecule has 0 aliphatic carbocycles. The van der Waals surface area contributed by atoms with Gasteiger partial charge in [-0.2, -0.15) is 5.26 Å². The Balaban J connectivity index is 2.11. The Bertz CT molecular complexity index is 969. The van der Waals surface area contributed by atoms with E-state index in [9.17, 15) is 4.79 Å². The Morgan fingerprint density at radius 3 is 2.83 bits per heavy atom. The summed E-state index contributed by atoms with van der Waals surface area (Å²) in [5, 5.41) is 17.4. The first-order valence-corrected chi connectivity index (χ1v) is 7.29. The molecular formula is C17H13N5O2. The van der Waals surface area contributed by atoms with Gasteiger partial charge in [-0.05, 0) is 31.2 Å². The number of imidazole rings is 1. The first-order valence-electron chi connectivity index (χ1n) is 7.29. The highest BCUT2D eigenvalue weighted by Gasteiger charge is 2.20. The molecule has 7 heteroatoms. The van der Waals surface area contributed by atoms with Gasteiger partial charge in [-0.15, -0.1) is 10.2 Å². The van der Waals surface area contributed by atoms with Gasteiger partial charge in [0.15, 0.2) is 11.5 Å². The van der Waals surface area contributed by atoms with E-state index in [1.54, 1.807) is 53.9 Å². The van der Waals surface area contributed by atoms with Crippen LogP contribution >= 0.6 is 0 Å². The Labute approximate surface area is 137 Å². The molecule has 3 aromatic rings. The monoisotopic (exact) mass is 319 g/mol. The topological polar surface area (TPSA) is 92.1 Å². The van der Waals surface area contributed by atoms with Crippen LogP contribution in [0.2, 0.25) is 0 Å². The summed E-state index contributed by atoms with van der Waals surface area (Å²) < 4.78 is 6.67. The van der Waals surface area contributed by atoms with Gasteiger partial charge < -0.3 is 4.74 Å². The predicted molar refractivity (Wildman–Crippen MR) is 86.5 cm³/mol. The molecule has 7 nitrogen and oxygen atoms in total. The molecule has 0 atom stereocenters. The van der Waals surface area contributed by atoms with Gasteiger partial charge in [0.2, 0.25) is 0 Å². The maximum absolute atomic E-state index is 12.1. The number of aromatic nitrogens is 2. The summed E-state index contributed by atoms with van der Waals surface area (Å²) in [6.07, 6.45) is 1.73. The number of fused-ring (bicyclic) bond motifs is 1. The number of ether oxygens (including phenoxy) is 1. The van der Waals surface area contributed by atoms with E-state index >= 15 is 0 Å². The number of rotatable bonds is 4. The molecule has 0 radical (unpaired) electrons. The lowest BCUT2D eigenvalue weighted by Crippen LogP contribution is -2.05. The minimum absolute atomic E-state index is 0.0845. The van der Waals surface area contributed by atoms with Crippen molar-refractivity contribution in [3.8, 4) is 6.07 Å². The molecule has 2 heterocycles. The van der Waals surface area contributed by atoms with Crippen LogP contribution in [0.1, 0.15) is 23.0 Å². The standard InChI is InChI=1S/C17H13N5O2/c1-2-24-17(23)15-16(22-10-6-5-9-14(22)19-15)21-20-13-8-4-3-7-12(13)11-18/h3-10H,2H2,1H3. The molecule has 0 saturated carbocycles. The fourth-order valence-corrected chi connectivity index (χ4v) is 2.17. The number of hydrogen-bond donors (Lipinski definition) is 0. The number of benzene rings is 1. The highest BCUT2D eigenvalue weighted by Crippen LogP contribution is 2.26. The number of nitrogens with zero attached hydrogens (tertiary/aromatic N) is 5. The van der Waals surface area contributed by atoms with Crippen LogP contribution in [0.3, 0.4) is 0 Å². The second-order valence-corrected chi connectivity index (χ2v) is 4.76. The van der Waals surface area contributed by atoms with Crippen molar-refractivity contribution in [2.75, 3.05) is 6.61 Å². The molecule has 3 rings (SSSR count). The summed E-state index contributed by atoms with van der Waals surface area (Å²) in [7, 11) is 0. The molecule has 0 saturated heterocycles. The molecule has 0 aliphatic rings. The molecule has 118 valence electrons. The number of nitriles is 1. The van der Waals surface area contributed by atoms with Crippen molar-refractivity contribution >= 4 is 23.1 Å². The van der Waals surface area contributed by atoms with Crippen molar-refractivity contribution in [2.45, 2.75) is 6.92 Å². The molecule has 0 unspecified atom stereocenters. The lowest BCUT2D eigenvalue weighted by molar-refractivity contribution is 0.0521. The zero-order valence-electron chi connectivity index (χ0n) is 12.9. The Morgan fingerprint density at radius 2 is 2.04 bits per heavy atom. The van der Waals surface area contributed by atoms with E-state index in [0.717, 1.165) is 0 Å². The molecule has 0 N–H and O–H groups in total. The van der Waals surface area contributed by atoms with Crippen LogP contribution in [0.5, 0.6) is 0 Å². The molecule has 0 bridgehead atoms. The van der Waals surface area contributed by atoms with Gasteiger partial charge in [-0.1, -0.05) is 18.2 Å². The van der Waals surface area contributed by atoms with Gasteiger partial charge in [0.05, 0.1) is 12.2 Å². The molecule has 0 aliphatic heterocycles. The van der Waals surface area contributed by atoms with Crippen LogP contribution < -0.4 is 0 Å². The zero-order valence-corrected chi connectivity index (χ0v) is 12.9. The molecule has 0 amide bonds. The van der Waals surface area contributed by atoms with E-state index in [1.165, 1.54) is 0 Å². The molecule has 1 aromatic carbocycles. The van der Waals surface area contributed by atoms with Gasteiger partial charge in [0, 0.05) is 6.20 Å². The van der Waals surface area contributed by atoms with E-state index in [2.05, 4.69) is 21.3 Å². The number of pyridine rings is 1. The SMILES string of the molecule is CCOC(=O)c1nc2ccccn2c1N=Nc1ccccc1C#N. The van der Waals surface area contributed by atoms with Crippen LogP contribution in [0.25, 0.3) is 5.65 Å². The summed E-state index contributed by atoms with van der Waals surface area (Å²) >= 11 is 0. The van der Waals surface area contributed by atoms with Gasteiger partial charge in [-0.3, -0.25) is 4.40 Å². The van der Waals surface area contributed by atoms with E-state index in [1.807, 2.05) is 6.07 Å². The predicted octanol–water partition coefficient (Wildman–Crippen LogP) is 3.80. The molecule has 0 spiro atoms. The largest absolute Gasteiger partial charge is 0.461 e. The van der Waals surface area contributed by atoms with Gasteiger partial charge in [0.1, 0.15) is 17.4 Å². The first kappa shape index (κ1) is 15.4. The Kier molecular flexibility index (Phi) is 4.29. The van der Waals surface area contributed by atoms with Crippen molar-refractivity contribution in [2.24, 2.45) is 10.2 Å². The van der Waals surface area contributed by atoms with Gasteiger partial charge in [-0.25, -0.2) is 9.78 Å². The minimum Gasteiger partial charge on any atom is -0.461 e. The average molecular weight is 319 g/mol. The van der Waals surface area contributed by atoms with Crippen LogP contribution in [0.15, 0.2) is 58.9 Å². The Morgan fingerprint density at radius 1 is 1.25 bits per heavy atom. The van der Waals surface area contributed by atoms with Gasteiger partial charge in [0.25, 0.3) is 0 Å². The van der Waals surface area contributed by atoms with Gasteiger partial charge >= 0.3 is 5.97 Å². The number of esters is 1. The summed E-state index contributed by atoms with van der Waals surface area (Å²) in [5.41, 5.74) is 1.46. The number of hydrogen-bond acceptors (Lipinski definition) is 6. The average Bonchev–Trinajstić information content (AvgIpc) is 2.99. The minimum atomic E-state index is -0.566.